The lowest BCUT2D eigenvalue weighted by Gasteiger charge is -2.34. The SMILES string of the molecule is C=C(C)c1cccc(C(C)(C)N2C(=O)c3ccc(C(C)=O)cc3C2=O)c1. The first-order valence-electron chi connectivity index (χ1n) is 8.45. The summed E-state index contributed by atoms with van der Waals surface area (Å²) < 4.78 is 0. The Labute approximate surface area is 153 Å². The third-order valence-electron chi connectivity index (χ3n) is 4.91. The number of carbonyl (C=O) groups excluding carboxylic acids is 3. The molecule has 1 heterocycles. The van der Waals surface area contributed by atoms with Crippen LogP contribution in [0.3, 0.4) is 0 Å². The number of ketones is 1. The number of Topliss-reactive ketones (excluding diaryl/α,β-unsaturated/α-hetero) is 1. The van der Waals surface area contributed by atoms with E-state index in [1.807, 2.05) is 45.0 Å². The van der Waals surface area contributed by atoms with Crippen LogP contribution in [-0.4, -0.2) is 22.5 Å². The number of fused-ring (bicyclic) bond motifs is 1. The van der Waals surface area contributed by atoms with Crippen molar-refractivity contribution >= 4 is 23.2 Å². The third-order valence-corrected chi connectivity index (χ3v) is 4.91. The molecule has 0 saturated heterocycles. The fraction of sp³-hybridized carbons (Fsp3) is 0.227. The normalized spacial score (nSPS) is 13.8. The van der Waals surface area contributed by atoms with Gasteiger partial charge in [-0.2, -0.15) is 0 Å². The van der Waals surface area contributed by atoms with Crippen LogP contribution in [0.4, 0.5) is 0 Å². The van der Waals surface area contributed by atoms with Crippen LogP contribution in [0.15, 0.2) is 49.0 Å². The average molecular weight is 347 g/mol. The maximum atomic E-state index is 13.0. The molecule has 2 aromatic carbocycles. The first kappa shape index (κ1) is 17.8. The summed E-state index contributed by atoms with van der Waals surface area (Å²) in [5.41, 5.74) is 2.93. The number of hydrogen-bond acceptors (Lipinski definition) is 3. The van der Waals surface area contributed by atoms with Crippen LogP contribution < -0.4 is 0 Å². The summed E-state index contributed by atoms with van der Waals surface area (Å²) in [6, 6.07) is 12.4. The summed E-state index contributed by atoms with van der Waals surface area (Å²) in [4.78, 5) is 38.8. The lowest BCUT2D eigenvalue weighted by atomic mass is 9.90. The summed E-state index contributed by atoms with van der Waals surface area (Å²) in [5.74, 6) is -0.857. The average Bonchev–Trinajstić information content (AvgIpc) is 2.86. The highest BCUT2D eigenvalue weighted by Gasteiger charge is 2.45. The van der Waals surface area contributed by atoms with Gasteiger partial charge in [-0.1, -0.05) is 36.4 Å². The first-order chi connectivity index (χ1) is 12.1. The fourth-order valence-electron chi connectivity index (χ4n) is 3.26. The molecule has 0 spiro atoms. The number of hydrogen-bond donors (Lipinski definition) is 0. The summed E-state index contributed by atoms with van der Waals surface area (Å²) in [6.07, 6.45) is 0. The van der Waals surface area contributed by atoms with Gasteiger partial charge in [0.25, 0.3) is 11.8 Å². The Hall–Kier alpha value is -3.01. The van der Waals surface area contributed by atoms with E-state index in [9.17, 15) is 14.4 Å². The number of carbonyl (C=O) groups is 3. The van der Waals surface area contributed by atoms with E-state index in [1.165, 1.54) is 17.9 Å². The topological polar surface area (TPSA) is 54.5 Å². The van der Waals surface area contributed by atoms with Gasteiger partial charge in [0.15, 0.2) is 5.78 Å². The molecule has 1 aliphatic heterocycles. The van der Waals surface area contributed by atoms with Gasteiger partial charge in [0.2, 0.25) is 0 Å². The maximum Gasteiger partial charge on any atom is 0.262 e. The number of nitrogens with zero attached hydrogens (tertiary/aromatic N) is 1. The van der Waals surface area contributed by atoms with Crippen LogP contribution in [0.2, 0.25) is 0 Å². The predicted molar refractivity (Wildman–Crippen MR) is 101 cm³/mol. The Bertz CT molecular complexity index is 969. The quantitative estimate of drug-likeness (QED) is 0.606. The van der Waals surface area contributed by atoms with Gasteiger partial charge in [-0.25, -0.2) is 0 Å². The van der Waals surface area contributed by atoms with E-state index in [4.69, 9.17) is 0 Å². The standard InChI is InChI=1S/C22H21NO3/c1-13(2)15-7-6-8-17(11-15)22(4,5)23-20(25)18-10-9-16(14(3)24)12-19(18)21(23)26/h6-12H,1H2,2-5H3. The van der Waals surface area contributed by atoms with Crippen LogP contribution >= 0.6 is 0 Å². The molecule has 0 unspecified atom stereocenters. The van der Waals surface area contributed by atoms with Gasteiger partial charge in [-0.15, -0.1) is 0 Å². The number of rotatable bonds is 4. The second-order valence-electron chi connectivity index (χ2n) is 7.18. The van der Waals surface area contributed by atoms with E-state index in [2.05, 4.69) is 6.58 Å². The van der Waals surface area contributed by atoms with Gasteiger partial charge in [0.05, 0.1) is 16.7 Å². The van der Waals surface area contributed by atoms with Crippen molar-refractivity contribution in [3.05, 3.63) is 76.9 Å². The van der Waals surface area contributed by atoms with Gasteiger partial charge in [-0.3, -0.25) is 19.3 Å². The molecule has 0 saturated carbocycles. The van der Waals surface area contributed by atoms with Crippen molar-refractivity contribution < 1.29 is 14.4 Å². The molecule has 2 aromatic rings. The van der Waals surface area contributed by atoms with Crippen molar-refractivity contribution in [3.63, 3.8) is 0 Å². The van der Waals surface area contributed by atoms with Crippen LogP contribution in [0.25, 0.3) is 5.57 Å². The fourth-order valence-corrected chi connectivity index (χ4v) is 3.26. The van der Waals surface area contributed by atoms with Crippen molar-refractivity contribution in [1.82, 2.24) is 4.90 Å². The zero-order valence-corrected chi connectivity index (χ0v) is 15.4. The number of amides is 2. The molecule has 0 fully saturated rings. The Morgan fingerprint density at radius 3 is 2.19 bits per heavy atom. The van der Waals surface area contributed by atoms with Gasteiger partial charge >= 0.3 is 0 Å². The van der Waals surface area contributed by atoms with E-state index < -0.39 is 5.54 Å². The molecular formula is C22H21NO3. The van der Waals surface area contributed by atoms with E-state index in [0.29, 0.717) is 11.1 Å². The summed E-state index contributed by atoms with van der Waals surface area (Å²) in [7, 11) is 0. The highest BCUT2D eigenvalue weighted by Crippen LogP contribution is 2.36. The predicted octanol–water partition coefficient (Wildman–Crippen LogP) is 4.45. The van der Waals surface area contributed by atoms with Crippen molar-refractivity contribution in [2.24, 2.45) is 0 Å². The minimum atomic E-state index is -0.838. The molecule has 1 aliphatic rings. The lowest BCUT2D eigenvalue weighted by Crippen LogP contribution is -2.45. The summed E-state index contributed by atoms with van der Waals surface area (Å²) >= 11 is 0. The second kappa shape index (κ2) is 6.06. The van der Waals surface area contributed by atoms with Crippen molar-refractivity contribution in [2.45, 2.75) is 33.2 Å². The Balaban J connectivity index is 2.08. The summed E-state index contributed by atoms with van der Waals surface area (Å²) in [6.45, 7) is 11.0. The largest absolute Gasteiger partial charge is 0.295 e. The molecule has 0 N–H and O–H groups in total. The first-order valence-corrected chi connectivity index (χ1v) is 8.45. The molecule has 26 heavy (non-hydrogen) atoms. The van der Waals surface area contributed by atoms with Gasteiger partial charge in [0, 0.05) is 5.56 Å². The van der Waals surface area contributed by atoms with Crippen molar-refractivity contribution in [2.75, 3.05) is 0 Å². The highest BCUT2D eigenvalue weighted by atomic mass is 16.2. The molecule has 132 valence electrons. The van der Waals surface area contributed by atoms with E-state index in [1.54, 1.807) is 12.1 Å². The Morgan fingerprint density at radius 1 is 0.923 bits per heavy atom. The van der Waals surface area contributed by atoms with Gasteiger partial charge in [-0.05, 0) is 57.0 Å². The molecule has 0 radical (unpaired) electrons. The van der Waals surface area contributed by atoms with Crippen LogP contribution in [-0.2, 0) is 5.54 Å². The minimum absolute atomic E-state index is 0.139. The molecule has 0 aromatic heterocycles. The smallest absolute Gasteiger partial charge is 0.262 e. The molecule has 0 aliphatic carbocycles. The van der Waals surface area contributed by atoms with Gasteiger partial charge < -0.3 is 0 Å². The highest BCUT2D eigenvalue weighted by molar-refractivity contribution is 6.22. The van der Waals surface area contributed by atoms with Crippen LogP contribution in [0.5, 0.6) is 0 Å². The molecule has 3 rings (SSSR count). The molecule has 0 atom stereocenters. The van der Waals surface area contributed by atoms with E-state index in [0.717, 1.165) is 16.7 Å². The van der Waals surface area contributed by atoms with Gasteiger partial charge in [0.1, 0.15) is 0 Å². The third kappa shape index (κ3) is 2.68. The molecule has 4 nitrogen and oxygen atoms in total. The van der Waals surface area contributed by atoms with Crippen molar-refractivity contribution in [1.29, 1.82) is 0 Å². The maximum absolute atomic E-state index is 13.0. The van der Waals surface area contributed by atoms with Crippen molar-refractivity contribution in [3.8, 4) is 0 Å². The number of allylic oxidation sites excluding steroid dienone is 1. The van der Waals surface area contributed by atoms with Crippen LogP contribution in [0, 0.1) is 0 Å². The number of benzene rings is 2. The molecule has 2 amide bonds. The zero-order chi connectivity index (χ0) is 19.2. The Morgan fingerprint density at radius 2 is 1.58 bits per heavy atom. The summed E-state index contributed by atoms with van der Waals surface area (Å²) in [5, 5.41) is 0. The van der Waals surface area contributed by atoms with E-state index in [-0.39, 0.29) is 23.2 Å². The van der Waals surface area contributed by atoms with Crippen LogP contribution in [0.1, 0.15) is 69.9 Å². The molecule has 4 heteroatoms. The van der Waals surface area contributed by atoms with E-state index >= 15 is 0 Å². The minimum Gasteiger partial charge on any atom is -0.295 e. The second-order valence-corrected chi connectivity index (χ2v) is 7.18. The Kier molecular flexibility index (Phi) is 4.15. The monoisotopic (exact) mass is 347 g/mol. The number of imide groups is 1. The molecule has 0 bridgehead atoms. The lowest BCUT2D eigenvalue weighted by molar-refractivity contribution is 0.0475. The zero-order valence-electron chi connectivity index (χ0n) is 15.4. The molecular weight excluding hydrogens is 326 g/mol.